The van der Waals surface area contributed by atoms with Crippen LogP contribution in [0.2, 0.25) is 0 Å². The molecule has 1 fully saturated rings. The van der Waals surface area contributed by atoms with Gasteiger partial charge < -0.3 is 14.2 Å². The Labute approximate surface area is 164 Å². The quantitative estimate of drug-likeness (QED) is 0.650. The summed E-state index contributed by atoms with van der Waals surface area (Å²) in [6, 6.07) is 15.8. The van der Waals surface area contributed by atoms with E-state index in [2.05, 4.69) is 10.1 Å². The minimum atomic E-state index is -0.0434. The summed E-state index contributed by atoms with van der Waals surface area (Å²) in [5.74, 6) is 2.00. The first-order valence-corrected chi connectivity index (χ1v) is 9.52. The zero-order valence-electron chi connectivity index (χ0n) is 16.1. The number of amides is 1. The van der Waals surface area contributed by atoms with Crippen LogP contribution in [-0.4, -0.2) is 34.1 Å². The molecule has 0 radical (unpaired) electrons. The third-order valence-corrected chi connectivity index (χ3v) is 4.93. The summed E-state index contributed by atoms with van der Waals surface area (Å²) in [4.78, 5) is 18.8. The predicted molar refractivity (Wildman–Crippen MR) is 105 cm³/mol. The van der Waals surface area contributed by atoms with Gasteiger partial charge in [0.05, 0.1) is 6.61 Å². The van der Waals surface area contributed by atoms with Crippen LogP contribution in [0, 0.1) is 6.92 Å². The lowest BCUT2D eigenvalue weighted by molar-refractivity contribution is -0.128. The molecule has 1 aromatic heterocycles. The van der Waals surface area contributed by atoms with Crippen molar-refractivity contribution < 1.29 is 14.1 Å². The molecule has 1 aliphatic rings. The molecule has 6 heteroatoms. The summed E-state index contributed by atoms with van der Waals surface area (Å²) in [7, 11) is 0. The summed E-state index contributed by atoms with van der Waals surface area (Å²) < 4.78 is 10.9. The lowest BCUT2D eigenvalue weighted by Gasteiger charge is -2.16. The van der Waals surface area contributed by atoms with Gasteiger partial charge in [-0.05, 0) is 43.7 Å². The van der Waals surface area contributed by atoms with Crippen molar-refractivity contribution in [2.45, 2.75) is 32.7 Å². The van der Waals surface area contributed by atoms with Gasteiger partial charge in [0.15, 0.2) is 5.82 Å². The first-order valence-electron chi connectivity index (χ1n) is 9.52. The fourth-order valence-corrected chi connectivity index (χ4v) is 3.39. The zero-order valence-corrected chi connectivity index (χ0v) is 16.1. The summed E-state index contributed by atoms with van der Waals surface area (Å²) in [6.45, 7) is 5.80. The summed E-state index contributed by atoms with van der Waals surface area (Å²) >= 11 is 0. The van der Waals surface area contributed by atoms with Crippen molar-refractivity contribution >= 4 is 5.91 Å². The molecule has 2 aromatic carbocycles. The molecule has 0 saturated carbocycles. The Morgan fingerprint density at radius 1 is 1.14 bits per heavy atom. The standard InChI is InChI=1S/C22H23N3O3/c1-3-27-19-10-6-16(7-11-19)13-25-14-18(12-20(25)26)21-23-22(28-24-21)17-8-4-15(2)5-9-17/h4-11,18H,3,12-14H2,1-2H3. The van der Waals surface area contributed by atoms with Crippen LogP contribution >= 0.6 is 0 Å². The van der Waals surface area contributed by atoms with Crippen molar-refractivity contribution in [3.05, 3.63) is 65.5 Å². The number of likely N-dealkylation sites (tertiary alicyclic amines) is 1. The van der Waals surface area contributed by atoms with Crippen molar-refractivity contribution in [1.29, 1.82) is 0 Å². The third-order valence-electron chi connectivity index (χ3n) is 4.93. The maximum Gasteiger partial charge on any atom is 0.257 e. The first-order chi connectivity index (χ1) is 13.6. The molecule has 1 aliphatic heterocycles. The van der Waals surface area contributed by atoms with Crippen molar-refractivity contribution in [1.82, 2.24) is 15.0 Å². The second-order valence-electron chi connectivity index (χ2n) is 7.08. The van der Waals surface area contributed by atoms with Gasteiger partial charge in [0.2, 0.25) is 5.91 Å². The normalized spacial score (nSPS) is 16.6. The summed E-state index contributed by atoms with van der Waals surface area (Å²) in [5, 5.41) is 4.12. The Kier molecular flexibility index (Phi) is 5.10. The van der Waals surface area contributed by atoms with E-state index in [9.17, 15) is 4.79 Å². The van der Waals surface area contributed by atoms with Crippen molar-refractivity contribution in [2.24, 2.45) is 0 Å². The molecule has 144 valence electrons. The number of carbonyl (C=O) groups is 1. The molecule has 6 nitrogen and oxygen atoms in total. The van der Waals surface area contributed by atoms with Gasteiger partial charge in [0, 0.05) is 31.0 Å². The second kappa shape index (κ2) is 7.84. The molecular weight excluding hydrogens is 354 g/mol. The number of nitrogens with zero attached hydrogens (tertiary/aromatic N) is 3. The van der Waals surface area contributed by atoms with Crippen molar-refractivity contribution in [3.8, 4) is 17.2 Å². The second-order valence-corrected chi connectivity index (χ2v) is 7.08. The van der Waals surface area contributed by atoms with Crippen LogP contribution in [-0.2, 0) is 11.3 Å². The summed E-state index contributed by atoms with van der Waals surface area (Å²) in [5.41, 5.74) is 3.14. The van der Waals surface area contributed by atoms with Crippen LogP contribution in [0.5, 0.6) is 5.75 Å². The van der Waals surface area contributed by atoms with E-state index in [0.717, 1.165) is 16.9 Å². The molecular formula is C22H23N3O3. The number of hydrogen-bond donors (Lipinski definition) is 0. The van der Waals surface area contributed by atoms with Crippen LogP contribution in [0.25, 0.3) is 11.5 Å². The van der Waals surface area contributed by atoms with Crippen molar-refractivity contribution in [3.63, 3.8) is 0 Å². The van der Waals surface area contributed by atoms with Gasteiger partial charge in [0.1, 0.15) is 5.75 Å². The van der Waals surface area contributed by atoms with Gasteiger partial charge in [-0.3, -0.25) is 4.79 Å². The minimum Gasteiger partial charge on any atom is -0.494 e. The highest BCUT2D eigenvalue weighted by molar-refractivity contribution is 5.79. The fourth-order valence-electron chi connectivity index (χ4n) is 3.39. The average molecular weight is 377 g/mol. The van der Waals surface area contributed by atoms with Crippen LogP contribution in [0.1, 0.15) is 36.2 Å². The molecule has 1 saturated heterocycles. The Morgan fingerprint density at radius 2 is 1.89 bits per heavy atom. The average Bonchev–Trinajstić information content (AvgIpc) is 3.32. The van der Waals surface area contributed by atoms with E-state index < -0.39 is 0 Å². The maximum atomic E-state index is 12.5. The molecule has 1 atom stereocenters. The number of aromatic nitrogens is 2. The molecule has 1 unspecified atom stereocenters. The molecule has 0 N–H and O–H groups in total. The van der Waals surface area contributed by atoms with E-state index >= 15 is 0 Å². The largest absolute Gasteiger partial charge is 0.494 e. The number of carbonyl (C=O) groups excluding carboxylic acids is 1. The van der Waals surface area contributed by atoms with E-state index in [4.69, 9.17) is 9.26 Å². The Bertz CT molecular complexity index is 948. The zero-order chi connectivity index (χ0) is 19.5. The molecule has 1 amide bonds. The van der Waals surface area contributed by atoms with Crippen LogP contribution < -0.4 is 4.74 Å². The maximum absolute atomic E-state index is 12.5. The molecule has 28 heavy (non-hydrogen) atoms. The van der Waals surface area contributed by atoms with E-state index in [0.29, 0.717) is 37.8 Å². The van der Waals surface area contributed by atoms with Gasteiger partial charge in [-0.25, -0.2) is 0 Å². The molecule has 3 aromatic rings. The van der Waals surface area contributed by atoms with Gasteiger partial charge in [0.25, 0.3) is 5.89 Å². The number of hydrogen-bond acceptors (Lipinski definition) is 5. The van der Waals surface area contributed by atoms with Crippen LogP contribution in [0.3, 0.4) is 0 Å². The Morgan fingerprint density at radius 3 is 2.61 bits per heavy atom. The van der Waals surface area contributed by atoms with Crippen molar-refractivity contribution in [2.75, 3.05) is 13.2 Å². The lowest BCUT2D eigenvalue weighted by Crippen LogP contribution is -2.24. The number of benzene rings is 2. The Balaban J connectivity index is 1.42. The fraction of sp³-hybridized carbons (Fsp3) is 0.318. The van der Waals surface area contributed by atoms with E-state index in [-0.39, 0.29) is 11.8 Å². The van der Waals surface area contributed by atoms with Gasteiger partial charge in [-0.15, -0.1) is 0 Å². The predicted octanol–water partition coefficient (Wildman–Crippen LogP) is 3.96. The molecule has 2 heterocycles. The Hall–Kier alpha value is -3.15. The van der Waals surface area contributed by atoms with Gasteiger partial charge in [-0.1, -0.05) is 35.0 Å². The first kappa shape index (κ1) is 18.2. The monoisotopic (exact) mass is 377 g/mol. The molecule has 0 aliphatic carbocycles. The van der Waals surface area contributed by atoms with Crippen LogP contribution in [0.15, 0.2) is 53.1 Å². The molecule has 0 bridgehead atoms. The van der Waals surface area contributed by atoms with Gasteiger partial charge >= 0.3 is 0 Å². The molecule has 4 rings (SSSR count). The highest BCUT2D eigenvalue weighted by Crippen LogP contribution is 2.29. The number of rotatable bonds is 6. The third kappa shape index (κ3) is 3.91. The lowest BCUT2D eigenvalue weighted by atomic mass is 10.1. The highest BCUT2D eigenvalue weighted by Gasteiger charge is 2.33. The number of aryl methyl sites for hydroxylation is 1. The van der Waals surface area contributed by atoms with E-state index in [1.807, 2.05) is 67.3 Å². The topological polar surface area (TPSA) is 68.5 Å². The highest BCUT2D eigenvalue weighted by atomic mass is 16.5. The number of ether oxygens (including phenoxy) is 1. The van der Waals surface area contributed by atoms with Crippen LogP contribution in [0.4, 0.5) is 0 Å². The smallest absolute Gasteiger partial charge is 0.257 e. The molecule has 0 spiro atoms. The van der Waals surface area contributed by atoms with E-state index in [1.165, 1.54) is 5.56 Å². The summed E-state index contributed by atoms with van der Waals surface area (Å²) in [6.07, 6.45) is 0.407. The van der Waals surface area contributed by atoms with E-state index in [1.54, 1.807) is 0 Å². The SMILES string of the molecule is CCOc1ccc(CN2CC(c3noc(-c4ccc(C)cc4)n3)CC2=O)cc1. The minimum absolute atomic E-state index is 0.0434. The van der Waals surface area contributed by atoms with Gasteiger partial charge in [-0.2, -0.15) is 4.98 Å².